The molecular weight excluding hydrogens is 495 g/mol. The molecule has 0 saturated heterocycles. The highest BCUT2D eigenvalue weighted by molar-refractivity contribution is 6.31. The highest BCUT2D eigenvalue weighted by atomic mass is 35.5. The number of para-hydroxylation sites is 1. The number of pyridine rings is 2. The molecule has 4 rings (SSSR count). The van der Waals surface area contributed by atoms with E-state index in [1.165, 1.54) is 6.92 Å². The lowest BCUT2D eigenvalue weighted by molar-refractivity contribution is -0.174. The van der Waals surface area contributed by atoms with Crippen molar-refractivity contribution >= 4 is 28.4 Å². The molecular formula is C25H23ClF3N5O2. The Morgan fingerprint density at radius 3 is 2.56 bits per heavy atom. The van der Waals surface area contributed by atoms with Gasteiger partial charge in [-0.1, -0.05) is 23.7 Å². The van der Waals surface area contributed by atoms with Crippen LogP contribution in [0.2, 0.25) is 5.02 Å². The van der Waals surface area contributed by atoms with E-state index in [1.54, 1.807) is 25.3 Å². The number of hydrogen-bond acceptors (Lipinski definition) is 5. The third kappa shape index (κ3) is 5.13. The average Bonchev–Trinajstić information content (AvgIpc) is 3.22. The third-order valence-electron chi connectivity index (χ3n) is 5.65. The fraction of sp³-hybridized carbons (Fsp3) is 0.280. The van der Waals surface area contributed by atoms with Crippen molar-refractivity contribution in [3.8, 4) is 17.0 Å². The third-order valence-corrected chi connectivity index (χ3v) is 5.98. The Bertz CT molecular complexity index is 1450. The molecule has 3 aromatic heterocycles. The number of hydrogen-bond donors (Lipinski definition) is 2. The van der Waals surface area contributed by atoms with Crippen LogP contribution < -0.4 is 10.1 Å². The quantitative estimate of drug-likeness (QED) is 0.331. The molecule has 1 amide bonds. The fourth-order valence-corrected chi connectivity index (χ4v) is 4.28. The lowest BCUT2D eigenvalue weighted by Crippen LogP contribution is -2.38. The number of nitrogens with one attached hydrogen (secondary N) is 2. The number of rotatable bonds is 6. The van der Waals surface area contributed by atoms with Crippen molar-refractivity contribution in [3.05, 3.63) is 69.8 Å². The van der Waals surface area contributed by atoms with Gasteiger partial charge in [-0.2, -0.15) is 18.3 Å². The van der Waals surface area contributed by atoms with E-state index in [2.05, 4.69) is 20.2 Å². The van der Waals surface area contributed by atoms with Crippen LogP contribution in [0.3, 0.4) is 0 Å². The monoisotopic (exact) mass is 517 g/mol. The number of fused-ring (bicyclic) bond motifs is 1. The molecule has 0 bridgehead atoms. The Morgan fingerprint density at radius 1 is 1.17 bits per heavy atom. The molecule has 1 unspecified atom stereocenters. The number of amides is 1. The molecule has 36 heavy (non-hydrogen) atoms. The van der Waals surface area contributed by atoms with Crippen LogP contribution in [0.4, 0.5) is 13.2 Å². The summed E-state index contributed by atoms with van der Waals surface area (Å²) < 4.78 is 44.5. The van der Waals surface area contributed by atoms with Gasteiger partial charge in [-0.15, -0.1) is 0 Å². The number of aromatic nitrogens is 4. The van der Waals surface area contributed by atoms with Crippen molar-refractivity contribution in [3.63, 3.8) is 0 Å². The van der Waals surface area contributed by atoms with Crippen molar-refractivity contribution in [1.29, 1.82) is 0 Å². The number of carbonyl (C=O) groups is 1. The average molecular weight is 518 g/mol. The van der Waals surface area contributed by atoms with Crippen molar-refractivity contribution in [2.75, 3.05) is 0 Å². The second-order valence-corrected chi connectivity index (χ2v) is 8.89. The van der Waals surface area contributed by atoms with Crippen molar-refractivity contribution < 1.29 is 22.7 Å². The standard InChI is InChI=1S/C25H23ClF3N5O2/c1-12-10-30-34-21(12)17-8-13(2)32-23-16(17)6-5-7-20(23)36-11-18-19(26)9-14(3)31-22(18)15(4)33-24(35)25(27,28)29/h5-10,15H,11H2,1-4H3,(H,30,34)(H,33,35). The molecule has 2 N–H and O–H groups in total. The van der Waals surface area contributed by atoms with Crippen LogP contribution in [-0.2, 0) is 11.4 Å². The van der Waals surface area contributed by atoms with Gasteiger partial charge in [-0.3, -0.25) is 14.9 Å². The summed E-state index contributed by atoms with van der Waals surface area (Å²) in [5, 5.41) is 10.2. The first-order valence-electron chi connectivity index (χ1n) is 11.0. The van der Waals surface area contributed by atoms with Gasteiger partial charge in [0.05, 0.1) is 28.6 Å². The normalized spacial score (nSPS) is 12.6. The lowest BCUT2D eigenvalue weighted by atomic mass is 10.0. The first kappa shape index (κ1) is 25.4. The molecule has 0 spiro atoms. The number of alkyl halides is 3. The predicted molar refractivity (Wildman–Crippen MR) is 130 cm³/mol. The van der Waals surface area contributed by atoms with Gasteiger partial charge in [-0.05, 0) is 51.5 Å². The van der Waals surface area contributed by atoms with Crippen LogP contribution in [-0.4, -0.2) is 32.2 Å². The van der Waals surface area contributed by atoms with E-state index < -0.39 is 18.1 Å². The molecule has 0 aliphatic heterocycles. The van der Waals surface area contributed by atoms with Crippen LogP contribution in [0, 0.1) is 20.8 Å². The number of nitrogens with zero attached hydrogens (tertiary/aromatic N) is 3. The molecule has 0 aliphatic carbocycles. The molecule has 3 heterocycles. The highest BCUT2D eigenvalue weighted by Crippen LogP contribution is 2.35. The maximum absolute atomic E-state index is 12.8. The largest absolute Gasteiger partial charge is 0.486 e. The molecule has 0 radical (unpaired) electrons. The number of carbonyl (C=O) groups excluding carboxylic acids is 1. The summed E-state index contributed by atoms with van der Waals surface area (Å²) in [6, 6.07) is 7.99. The van der Waals surface area contributed by atoms with E-state index in [9.17, 15) is 18.0 Å². The fourth-order valence-electron chi connectivity index (χ4n) is 3.97. The summed E-state index contributed by atoms with van der Waals surface area (Å²) in [5.74, 6) is -1.60. The molecule has 0 fully saturated rings. The molecule has 188 valence electrons. The first-order valence-corrected chi connectivity index (χ1v) is 11.4. The Balaban J connectivity index is 1.70. The molecule has 1 aromatic carbocycles. The maximum atomic E-state index is 12.8. The molecule has 7 nitrogen and oxygen atoms in total. The molecule has 11 heteroatoms. The minimum Gasteiger partial charge on any atom is -0.486 e. The van der Waals surface area contributed by atoms with Crippen LogP contribution in [0.1, 0.15) is 41.2 Å². The first-order chi connectivity index (χ1) is 17.0. The summed E-state index contributed by atoms with van der Waals surface area (Å²) in [7, 11) is 0. The second kappa shape index (κ2) is 9.77. The minimum absolute atomic E-state index is 0.0964. The second-order valence-electron chi connectivity index (χ2n) is 8.48. The molecule has 0 aliphatic rings. The van der Waals surface area contributed by atoms with E-state index in [1.807, 2.05) is 37.4 Å². The summed E-state index contributed by atoms with van der Waals surface area (Å²) in [4.78, 5) is 20.5. The number of halogens is 4. The number of ether oxygens (including phenoxy) is 1. The topological polar surface area (TPSA) is 92.8 Å². The Labute approximate surface area is 210 Å². The van der Waals surface area contributed by atoms with Crippen molar-refractivity contribution in [1.82, 2.24) is 25.5 Å². The van der Waals surface area contributed by atoms with Crippen molar-refractivity contribution in [2.24, 2.45) is 0 Å². The zero-order valence-corrected chi connectivity index (χ0v) is 20.7. The lowest BCUT2D eigenvalue weighted by Gasteiger charge is -2.20. The van der Waals surface area contributed by atoms with Gasteiger partial charge in [0.2, 0.25) is 0 Å². The summed E-state index contributed by atoms with van der Waals surface area (Å²) >= 11 is 6.44. The minimum atomic E-state index is -5.02. The van der Waals surface area contributed by atoms with E-state index >= 15 is 0 Å². The Morgan fingerprint density at radius 2 is 1.89 bits per heavy atom. The van der Waals surface area contributed by atoms with Crippen LogP contribution >= 0.6 is 11.6 Å². The molecule has 0 saturated carbocycles. The maximum Gasteiger partial charge on any atom is 0.471 e. The van der Waals surface area contributed by atoms with Crippen LogP contribution in [0.25, 0.3) is 22.2 Å². The predicted octanol–water partition coefficient (Wildman–Crippen LogP) is 5.92. The number of aryl methyl sites for hydroxylation is 3. The summed E-state index contributed by atoms with van der Waals surface area (Å²) in [6.45, 7) is 6.80. The number of H-pyrrole nitrogens is 1. The summed E-state index contributed by atoms with van der Waals surface area (Å²) in [5.41, 5.74) is 5.18. The van der Waals surface area contributed by atoms with Crippen LogP contribution in [0.5, 0.6) is 5.75 Å². The van der Waals surface area contributed by atoms with Gasteiger partial charge in [0.15, 0.2) is 0 Å². The Hall–Kier alpha value is -3.66. The van der Waals surface area contributed by atoms with Gasteiger partial charge in [0.25, 0.3) is 0 Å². The van der Waals surface area contributed by atoms with Gasteiger partial charge in [-0.25, -0.2) is 4.98 Å². The van der Waals surface area contributed by atoms with Gasteiger partial charge >= 0.3 is 12.1 Å². The SMILES string of the molecule is Cc1cc(Cl)c(COc2cccc3c(-c4[nH]ncc4C)cc(C)nc23)c(C(C)NC(=O)C(F)(F)F)n1. The zero-order valence-electron chi connectivity index (χ0n) is 19.9. The van der Waals surface area contributed by atoms with E-state index in [4.69, 9.17) is 16.3 Å². The summed E-state index contributed by atoms with van der Waals surface area (Å²) in [6.07, 6.45) is -3.28. The van der Waals surface area contributed by atoms with Crippen molar-refractivity contribution in [2.45, 2.75) is 46.5 Å². The van der Waals surface area contributed by atoms with E-state index in [-0.39, 0.29) is 17.3 Å². The van der Waals surface area contributed by atoms with Crippen LogP contribution in [0.15, 0.2) is 36.5 Å². The zero-order chi connectivity index (χ0) is 26.2. The van der Waals surface area contributed by atoms with E-state index in [0.717, 1.165) is 27.9 Å². The highest BCUT2D eigenvalue weighted by Gasteiger charge is 2.39. The van der Waals surface area contributed by atoms with E-state index in [0.29, 0.717) is 22.5 Å². The van der Waals surface area contributed by atoms with Gasteiger partial charge in [0.1, 0.15) is 17.9 Å². The van der Waals surface area contributed by atoms with Gasteiger partial charge in [0, 0.05) is 27.9 Å². The van der Waals surface area contributed by atoms with Gasteiger partial charge < -0.3 is 10.1 Å². The number of aromatic amines is 1. The number of benzene rings is 1. The molecule has 1 atom stereocenters. The molecule has 4 aromatic rings. The Kier molecular flexibility index (Phi) is 6.90. The smallest absolute Gasteiger partial charge is 0.471 e.